The Kier molecular flexibility index (Phi) is 5.67. The molecule has 1 N–H and O–H groups in total. The summed E-state index contributed by atoms with van der Waals surface area (Å²) in [4.78, 5) is 18.3. The highest BCUT2D eigenvalue weighted by Crippen LogP contribution is 2.26. The van der Waals surface area contributed by atoms with Gasteiger partial charge in [-0.2, -0.15) is 4.68 Å². The molecule has 3 aromatic heterocycles. The Morgan fingerprint density at radius 2 is 1.91 bits per heavy atom. The van der Waals surface area contributed by atoms with E-state index in [1.54, 1.807) is 35.0 Å². The average Bonchev–Trinajstić information content (AvgIpc) is 3.60. The van der Waals surface area contributed by atoms with Crippen molar-refractivity contribution in [2.45, 2.75) is 5.16 Å². The summed E-state index contributed by atoms with van der Waals surface area (Å²) < 4.78 is 16.5. The van der Waals surface area contributed by atoms with E-state index in [2.05, 4.69) is 30.9 Å². The maximum atomic E-state index is 13.4. The summed E-state index contributed by atoms with van der Waals surface area (Å²) in [6.45, 7) is 0. The van der Waals surface area contributed by atoms with Crippen LogP contribution in [0.4, 0.5) is 10.1 Å². The van der Waals surface area contributed by atoms with Crippen LogP contribution in [0.5, 0.6) is 0 Å². The van der Waals surface area contributed by atoms with Crippen LogP contribution in [0.25, 0.3) is 22.1 Å². The van der Waals surface area contributed by atoms with Crippen LogP contribution in [0.2, 0.25) is 0 Å². The Hall–Kier alpha value is -3.90. The van der Waals surface area contributed by atoms with Crippen molar-refractivity contribution in [3.05, 3.63) is 77.7 Å². The van der Waals surface area contributed by atoms with Gasteiger partial charge in [-0.15, -0.1) is 21.5 Å². The van der Waals surface area contributed by atoms with Gasteiger partial charge in [0, 0.05) is 5.69 Å². The number of hydrogen-bond acceptors (Lipinski definition) is 8. The normalized spacial score (nSPS) is 11.0. The molecule has 0 unspecified atom stereocenters. The Labute approximate surface area is 195 Å². The second-order valence-corrected chi connectivity index (χ2v) is 8.43. The third kappa shape index (κ3) is 4.25. The first-order valence-electron chi connectivity index (χ1n) is 9.63. The minimum absolute atomic E-state index is 0.0136. The largest absolute Gasteiger partial charge is 0.319 e. The molecule has 0 aliphatic rings. The van der Waals surface area contributed by atoms with E-state index in [4.69, 9.17) is 0 Å². The molecule has 1 amide bonds. The molecule has 5 rings (SSSR count). The molecule has 0 aliphatic heterocycles. The summed E-state index contributed by atoms with van der Waals surface area (Å²) in [7, 11) is 0. The topological polar surface area (TPSA) is 103 Å². The number of benzene rings is 2. The summed E-state index contributed by atoms with van der Waals surface area (Å²) in [5.74, 6) is -0.358. The van der Waals surface area contributed by atoms with E-state index in [1.807, 2.05) is 29.8 Å². The zero-order valence-electron chi connectivity index (χ0n) is 17.1. The number of carbonyl (C=O) groups is 1. The van der Waals surface area contributed by atoms with E-state index in [1.165, 1.54) is 39.9 Å². The van der Waals surface area contributed by atoms with Crippen LogP contribution in [0.15, 0.2) is 71.2 Å². The summed E-state index contributed by atoms with van der Waals surface area (Å²) in [6.07, 6.45) is 1.88. The minimum Gasteiger partial charge on any atom is -0.319 e. The van der Waals surface area contributed by atoms with Crippen LogP contribution >= 0.6 is 23.1 Å². The van der Waals surface area contributed by atoms with Crippen molar-refractivity contribution in [3.63, 3.8) is 0 Å². The highest BCUT2D eigenvalue weighted by atomic mass is 32.2. The molecule has 0 radical (unpaired) electrons. The van der Waals surface area contributed by atoms with Crippen molar-refractivity contribution < 1.29 is 9.18 Å². The standard InChI is InChI=1S/C21H15FN8OS2/c1-32-21-25-27-28-30(21)16-5-2-4-14(12-16)23-20(31)18-24-19(17-6-3-11-33-17)29(26-18)15-9-7-13(22)8-10-15/h2-12H,1H3,(H,23,31). The molecule has 5 aromatic rings. The average molecular weight is 479 g/mol. The number of amides is 1. The van der Waals surface area contributed by atoms with Crippen LogP contribution in [-0.2, 0) is 0 Å². The third-order valence-electron chi connectivity index (χ3n) is 4.60. The Morgan fingerprint density at radius 1 is 1.06 bits per heavy atom. The van der Waals surface area contributed by atoms with E-state index in [9.17, 15) is 9.18 Å². The van der Waals surface area contributed by atoms with Gasteiger partial charge in [-0.3, -0.25) is 4.79 Å². The van der Waals surface area contributed by atoms with Gasteiger partial charge in [0.15, 0.2) is 5.82 Å². The fourth-order valence-corrected chi connectivity index (χ4v) is 4.24. The quantitative estimate of drug-likeness (QED) is 0.367. The second kappa shape index (κ2) is 8.92. The number of carbonyl (C=O) groups excluding carboxylic acids is 1. The first kappa shape index (κ1) is 21.0. The van der Waals surface area contributed by atoms with Crippen LogP contribution < -0.4 is 5.32 Å². The van der Waals surface area contributed by atoms with Crippen molar-refractivity contribution in [2.24, 2.45) is 0 Å². The number of anilines is 1. The van der Waals surface area contributed by atoms with Gasteiger partial charge in [-0.1, -0.05) is 23.9 Å². The van der Waals surface area contributed by atoms with Gasteiger partial charge >= 0.3 is 0 Å². The lowest BCUT2D eigenvalue weighted by atomic mass is 10.2. The molecule has 164 valence electrons. The zero-order valence-corrected chi connectivity index (χ0v) is 18.7. The lowest BCUT2D eigenvalue weighted by molar-refractivity contribution is 0.101. The molecule has 0 saturated carbocycles. The molecule has 0 saturated heterocycles. The van der Waals surface area contributed by atoms with Crippen molar-refractivity contribution >= 4 is 34.7 Å². The number of tetrazole rings is 1. The molecule has 9 nitrogen and oxygen atoms in total. The van der Waals surface area contributed by atoms with Crippen LogP contribution in [0.1, 0.15) is 10.6 Å². The van der Waals surface area contributed by atoms with Gasteiger partial charge in [0.25, 0.3) is 5.91 Å². The van der Waals surface area contributed by atoms with E-state index in [-0.39, 0.29) is 11.6 Å². The van der Waals surface area contributed by atoms with Gasteiger partial charge in [0.1, 0.15) is 5.82 Å². The summed E-state index contributed by atoms with van der Waals surface area (Å²) in [5, 5.41) is 21.4. The van der Waals surface area contributed by atoms with Gasteiger partial charge in [0.05, 0.1) is 16.3 Å². The predicted molar refractivity (Wildman–Crippen MR) is 124 cm³/mol. The maximum absolute atomic E-state index is 13.4. The Morgan fingerprint density at radius 3 is 2.67 bits per heavy atom. The third-order valence-corrected chi connectivity index (χ3v) is 6.08. The molecule has 3 heterocycles. The first-order valence-corrected chi connectivity index (χ1v) is 11.7. The van der Waals surface area contributed by atoms with Crippen LogP contribution in [0.3, 0.4) is 0 Å². The summed E-state index contributed by atoms with van der Waals surface area (Å²) in [5.41, 5.74) is 1.83. The predicted octanol–water partition coefficient (Wildman–Crippen LogP) is 4.08. The summed E-state index contributed by atoms with van der Waals surface area (Å²) >= 11 is 2.88. The molecule has 0 fully saturated rings. The Bertz CT molecular complexity index is 1410. The second-order valence-electron chi connectivity index (χ2n) is 6.71. The van der Waals surface area contributed by atoms with Crippen molar-refractivity contribution in [2.75, 3.05) is 11.6 Å². The van der Waals surface area contributed by atoms with Gasteiger partial charge in [0.2, 0.25) is 11.0 Å². The highest BCUT2D eigenvalue weighted by Gasteiger charge is 2.20. The first-order chi connectivity index (χ1) is 16.1. The monoisotopic (exact) mass is 478 g/mol. The lowest BCUT2D eigenvalue weighted by Crippen LogP contribution is -2.14. The summed E-state index contributed by atoms with van der Waals surface area (Å²) in [6, 6.07) is 16.7. The van der Waals surface area contributed by atoms with Crippen LogP contribution in [0, 0.1) is 5.82 Å². The SMILES string of the molecule is CSc1nnnn1-c1cccc(NC(=O)c2nc(-c3cccs3)n(-c3ccc(F)cc3)n2)c1. The number of thiophene rings is 1. The molecule has 12 heteroatoms. The highest BCUT2D eigenvalue weighted by molar-refractivity contribution is 7.98. The number of nitrogens with one attached hydrogen (secondary N) is 1. The molecule has 0 spiro atoms. The van der Waals surface area contributed by atoms with Gasteiger partial charge in [-0.05, 0) is 70.6 Å². The smallest absolute Gasteiger partial charge is 0.295 e. The van der Waals surface area contributed by atoms with Crippen LogP contribution in [-0.4, -0.2) is 47.1 Å². The van der Waals surface area contributed by atoms with Gasteiger partial charge < -0.3 is 5.32 Å². The number of halogens is 1. The molecular formula is C21H15FN8OS2. The van der Waals surface area contributed by atoms with Crippen molar-refractivity contribution in [1.29, 1.82) is 0 Å². The van der Waals surface area contributed by atoms with Gasteiger partial charge in [-0.25, -0.2) is 14.1 Å². The minimum atomic E-state index is -0.479. The molecule has 0 bridgehead atoms. The van der Waals surface area contributed by atoms with E-state index >= 15 is 0 Å². The number of nitrogens with zero attached hydrogens (tertiary/aromatic N) is 7. The Balaban J connectivity index is 1.46. The molecule has 2 aromatic carbocycles. The number of rotatable bonds is 6. The number of hydrogen-bond donors (Lipinski definition) is 1. The number of thioether (sulfide) groups is 1. The fourth-order valence-electron chi connectivity index (χ4n) is 3.11. The molecule has 0 atom stereocenters. The van der Waals surface area contributed by atoms with E-state index < -0.39 is 5.91 Å². The van der Waals surface area contributed by atoms with Crippen molar-refractivity contribution in [1.82, 2.24) is 35.0 Å². The zero-order chi connectivity index (χ0) is 22.8. The molecule has 0 aliphatic carbocycles. The number of aromatic nitrogens is 7. The van der Waals surface area contributed by atoms with E-state index in [0.717, 1.165) is 4.88 Å². The fraction of sp³-hybridized carbons (Fsp3) is 0.0476. The molecule has 33 heavy (non-hydrogen) atoms. The van der Waals surface area contributed by atoms with Crippen molar-refractivity contribution in [3.8, 4) is 22.1 Å². The lowest BCUT2D eigenvalue weighted by Gasteiger charge is -2.06. The molecular weight excluding hydrogens is 463 g/mol. The maximum Gasteiger partial charge on any atom is 0.295 e. The van der Waals surface area contributed by atoms with E-state index in [0.29, 0.717) is 28.0 Å².